The van der Waals surface area contributed by atoms with Crippen molar-refractivity contribution in [3.8, 4) is 0 Å². The van der Waals surface area contributed by atoms with E-state index in [1.807, 2.05) is 18.2 Å². The Morgan fingerprint density at radius 2 is 1.94 bits per heavy atom. The van der Waals surface area contributed by atoms with Gasteiger partial charge < -0.3 is 9.84 Å². The number of allylic oxidation sites excluding steroid dienone is 1. The molecule has 18 heavy (non-hydrogen) atoms. The van der Waals surface area contributed by atoms with E-state index in [-0.39, 0.29) is 0 Å². The van der Waals surface area contributed by atoms with Crippen molar-refractivity contribution in [2.45, 2.75) is 39.2 Å². The maximum atomic E-state index is 10.2. The Labute approximate surface area is 109 Å². The predicted octanol–water partition coefficient (Wildman–Crippen LogP) is 3.61. The first kappa shape index (κ1) is 13.2. The third-order valence-corrected chi connectivity index (χ3v) is 3.17. The highest BCUT2D eigenvalue weighted by Crippen LogP contribution is 2.26. The van der Waals surface area contributed by atoms with Crippen LogP contribution >= 0.6 is 0 Å². The summed E-state index contributed by atoms with van der Waals surface area (Å²) in [5.74, 6) is 1.36. The third kappa shape index (κ3) is 3.36. The maximum absolute atomic E-state index is 10.2. The summed E-state index contributed by atoms with van der Waals surface area (Å²) in [6.07, 6.45) is 4.51. The highest BCUT2D eigenvalue weighted by Gasteiger charge is 2.16. The van der Waals surface area contributed by atoms with Crippen LogP contribution in [0.3, 0.4) is 0 Å². The molecule has 0 amide bonds. The first-order valence-electron chi connectivity index (χ1n) is 6.76. The molecule has 1 aromatic carbocycles. The molecule has 2 nitrogen and oxygen atoms in total. The second kappa shape index (κ2) is 6.05. The summed E-state index contributed by atoms with van der Waals surface area (Å²) in [6, 6.07) is 8.20. The summed E-state index contributed by atoms with van der Waals surface area (Å²) >= 11 is 0. The van der Waals surface area contributed by atoms with Crippen molar-refractivity contribution in [2.75, 3.05) is 6.61 Å². The minimum absolute atomic E-state index is 0.613. The van der Waals surface area contributed by atoms with Crippen molar-refractivity contribution in [2.24, 2.45) is 5.92 Å². The number of hydrogen-bond acceptors (Lipinski definition) is 2. The molecule has 1 N–H and O–H groups in total. The van der Waals surface area contributed by atoms with Crippen LogP contribution in [0.5, 0.6) is 0 Å². The molecule has 0 radical (unpaired) electrons. The highest BCUT2D eigenvalue weighted by atomic mass is 16.5. The zero-order chi connectivity index (χ0) is 13.0. The lowest BCUT2D eigenvalue weighted by atomic mass is 9.99. The van der Waals surface area contributed by atoms with E-state index in [0.717, 1.165) is 24.8 Å². The molecular formula is C16H22O2. The molecular weight excluding hydrogens is 224 g/mol. The van der Waals surface area contributed by atoms with Crippen molar-refractivity contribution in [3.05, 3.63) is 47.2 Å². The molecule has 0 saturated heterocycles. The van der Waals surface area contributed by atoms with E-state index in [4.69, 9.17) is 4.74 Å². The van der Waals surface area contributed by atoms with Crippen LogP contribution in [0.25, 0.3) is 0 Å². The summed E-state index contributed by atoms with van der Waals surface area (Å²) in [7, 11) is 0. The Hall–Kier alpha value is -1.28. The summed E-state index contributed by atoms with van der Waals surface area (Å²) in [4.78, 5) is 0. The fourth-order valence-electron chi connectivity index (χ4n) is 2.24. The number of hydrogen-bond donors (Lipinski definition) is 1. The molecule has 2 rings (SSSR count). The zero-order valence-corrected chi connectivity index (χ0v) is 11.2. The van der Waals surface area contributed by atoms with Crippen LogP contribution in [-0.2, 0) is 11.2 Å². The van der Waals surface area contributed by atoms with Gasteiger partial charge in [0.1, 0.15) is 11.9 Å². The topological polar surface area (TPSA) is 29.5 Å². The Morgan fingerprint density at radius 1 is 1.22 bits per heavy atom. The van der Waals surface area contributed by atoms with E-state index < -0.39 is 6.10 Å². The maximum Gasteiger partial charge on any atom is 0.136 e. The third-order valence-electron chi connectivity index (χ3n) is 3.17. The number of aliphatic hydroxyl groups is 1. The molecule has 0 spiro atoms. The van der Waals surface area contributed by atoms with Gasteiger partial charge >= 0.3 is 0 Å². The van der Waals surface area contributed by atoms with Crippen molar-refractivity contribution in [1.82, 2.24) is 0 Å². The second-order valence-electron chi connectivity index (χ2n) is 5.34. The van der Waals surface area contributed by atoms with Gasteiger partial charge in [0.25, 0.3) is 0 Å². The SMILES string of the molecule is CC(C)Cc1ccc(C(O)C2=CCCCO2)cc1. The minimum Gasteiger partial charge on any atom is -0.495 e. The van der Waals surface area contributed by atoms with Gasteiger partial charge in [-0.3, -0.25) is 0 Å². The van der Waals surface area contributed by atoms with Gasteiger partial charge in [-0.15, -0.1) is 0 Å². The largest absolute Gasteiger partial charge is 0.495 e. The van der Waals surface area contributed by atoms with Crippen LogP contribution in [0.4, 0.5) is 0 Å². The quantitative estimate of drug-likeness (QED) is 0.879. The van der Waals surface area contributed by atoms with E-state index in [2.05, 4.69) is 26.0 Å². The molecule has 1 atom stereocenters. The van der Waals surface area contributed by atoms with Gasteiger partial charge in [0.15, 0.2) is 0 Å². The van der Waals surface area contributed by atoms with E-state index in [1.165, 1.54) is 5.56 Å². The molecule has 0 aliphatic carbocycles. The van der Waals surface area contributed by atoms with Gasteiger partial charge in [-0.25, -0.2) is 0 Å². The lowest BCUT2D eigenvalue weighted by Crippen LogP contribution is -2.09. The van der Waals surface area contributed by atoms with Crippen molar-refractivity contribution < 1.29 is 9.84 Å². The van der Waals surface area contributed by atoms with Crippen LogP contribution in [0.1, 0.15) is 43.9 Å². The van der Waals surface area contributed by atoms with E-state index in [1.54, 1.807) is 0 Å². The van der Waals surface area contributed by atoms with E-state index >= 15 is 0 Å². The minimum atomic E-state index is -0.613. The standard InChI is InChI=1S/C16H22O2/c1-12(2)11-13-6-8-14(9-7-13)16(17)15-5-3-4-10-18-15/h5-9,12,16-17H,3-4,10-11H2,1-2H3. The highest BCUT2D eigenvalue weighted by molar-refractivity contribution is 5.28. The Kier molecular flexibility index (Phi) is 4.43. The number of rotatable bonds is 4. The molecule has 0 bridgehead atoms. The molecule has 0 fully saturated rings. The summed E-state index contributed by atoms with van der Waals surface area (Å²) in [5.41, 5.74) is 2.23. The first-order valence-corrected chi connectivity index (χ1v) is 6.76. The van der Waals surface area contributed by atoms with Gasteiger partial charge in [-0.1, -0.05) is 38.1 Å². The van der Waals surface area contributed by atoms with Crippen molar-refractivity contribution in [3.63, 3.8) is 0 Å². The van der Waals surface area contributed by atoms with Crippen LogP contribution < -0.4 is 0 Å². The van der Waals surface area contributed by atoms with E-state index in [9.17, 15) is 5.11 Å². The molecule has 1 aliphatic rings. The molecule has 1 heterocycles. The number of aliphatic hydroxyl groups excluding tert-OH is 1. The van der Waals surface area contributed by atoms with Crippen LogP contribution in [0, 0.1) is 5.92 Å². The van der Waals surface area contributed by atoms with Crippen molar-refractivity contribution >= 4 is 0 Å². The summed E-state index contributed by atoms with van der Waals surface area (Å²) < 4.78 is 5.50. The van der Waals surface area contributed by atoms with Gasteiger partial charge in [0.05, 0.1) is 6.61 Å². The smallest absolute Gasteiger partial charge is 0.136 e. The van der Waals surface area contributed by atoms with Gasteiger partial charge in [0, 0.05) is 0 Å². The average molecular weight is 246 g/mol. The summed E-state index contributed by atoms with van der Waals surface area (Å²) in [6.45, 7) is 5.14. The lowest BCUT2D eigenvalue weighted by Gasteiger charge is -2.20. The molecule has 0 saturated carbocycles. The molecule has 1 unspecified atom stereocenters. The summed E-state index contributed by atoms with van der Waals surface area (Å²) in [5, 5.41) is 10.2. The van der Waals surface area contributed by atoms with Crippen molar-refractivity contribution in [1.29, 1.82) is 0 Å². The molecule has 1 aliphatic heterocycles. The van der Waals surface area contributed by atoms with Gasteiger partial charge in [-0.05, 0) is 42.4 Å². The molecule has 2 heteroatoms. The zero-order valence-electron chi connectivity index (χ0n) is 11.2. The normalized spacial score (nSPS) is 17.2. The van der Waals surface area contributed by atoms with Gasteiger partial charge in [0.2, 0.25) is 0 Å². The van der Waals surface area contributed by atoms with Crippen LogP contribution in [-0.4, -0.2) is 11.7 Å². The van der Waals surface area contributed by atoms with E-state index in [0.29, 0.717) is 18.3 Å². The second-order valence-corrected chi connectivity index (χ2v) is 5.34. The average Bonchev–Trinajstić information content (AvgIpc) is 2.39. The molecule has 1 aromatic rings. The van der Waals surface area contributed by atoms with Crippen LogP contribution in [0.2, 0.25) is 0 Å². The van der Waals surface area contributed by atoms with Crippen LogP contribution in [0.15, 0.2) is 36.1 Å². The predicted molar refractivity (Wildman–Crippen MR) is 73.2 cm³/mol. The fourth-order valence-corrected chi connectivity index (χ4v) is 2.24. The fraction of sp³-hybridized carbons (Fsp3) is 0.500. The first-order chi connectivity index (χ1) is 8.66. The Balaban J connectivity index is 2.06. The monoisotopic (exact) mass is 246 g/mol. The number of ether oxygens (including phenoxy) is 1. The molecule has 98 valence electrons. The number of benzene rings is 1. The Morgan fingerprint density at radius 3 is 2.50 bits per heavy atom. The van der Waals surface area contributed by atoms with Gasteiger partial charge in [-0.2, -0.15) is 0 Å². The Bertz CT molecular complexity index is 404. The molecule has 0 aromatic heterocycles. The lowest BCUT2D eigenvalue weighted by molar-refractivity contribution is 0.0918.